The Labute approximate surface area is 97.7 Å². The lowest BCUT2D eigenvalue weighted by molar-refractivity contribution is -0.124. The monoisotopic (exact) mass is 232 g/mol. The van der Waals surface area contributed by atoms with Crippen molar-refractivity contribution in [2.24, 2.45) is 11.1 Å². The van der Waals surface area contributed by atoms with E-state index in [4.69, 9.17) is 15.2 Å². The summed E-state index contributed by atoms with van der Waals surface area (Å²) in [6, 6.07) is -0.494. The summed E-state index contributed by atoms with van der Waals surface area (Å²) in [6.07, 6.45) is 0. The quantitative estimate of drug-likeness (QED) is 0.612. The lowest BCUT2D eigenvalue weighted by atomic mass is 9.87. The topological polar surface area (TPSA) is 73.6 Å². The van der Waals surface area contributed by atoms with Gasteiger partial charge in [0, 0.05) is 13.7 Å². The van der Waals surface area contributed by atoms with Gasteiger partial charge in [-0.05, 0) is 5.41 Å². The SMILES string of the molecule is COCCOCCNC(=O)C(N)C(C)(C)C. The molecule has 1 atom stereocenters. The first-order valence-electron chi connectivity index (χ1n) is 5.49. The van der Waals surface area contributed by atoms with Crippen LogP contribution < -0.4 is 11.1 Å². The van der Waals surface area contributed by atoms with E-state index in [-0.39, 0.29) is 11.3 Å². The van der Waals surface area contributed by atoms with E-state index in [1.165, 1.54) is 0 Å². The van der Waals surface area contributed by atoms with Gasteiger partial charge in [0.15, 0.2) is 0 Å². The molecule has 96 valence electrons. The van der Waals surface area contributed by atoms with Gasteiger partial charge in [0.05, 0.1) is 25.9 Å². The Bertz CT molecular complexity index is 202. The summed E-state index contributed by atoms with van der Waals surface area (Å²) in [5.74, 6) is -0.136. The zero-order valence-corrected chi connectivity index (χ0v) is 10.7. The highest BCUT2D eigenvalue weighted by Crippen LogP contribution is 2.16. The van der Waals surface area contributed by atoms with Crippen molar-refractivity contribution in [1.29, 1.82) is 0 Å². The fourth-order valence-corrected chi connectivity index (χ4v) is 0.994. The second kappa shape index (κ2) is 7.60. The van der Waals surface area contributed by atoms with Gasteiger partial charge in [0.1, 0.15) is 0 Å². The van der Waals surface area contributed by atoms with E-state index >= 15 is 0 Å². The predicted molar refractivity (Wildman–Crippen MR) is 63.1 cm³/mol. The fraction of sp³-hybridized carbons (Fsp3) is 0.909. The third-order valence-electron chi connectivity index (χ3n) is 2.19. The number of hydrogen-bond donors (Lipinski definition) is 2. The summed E-state index contributed by atoms with van der Waals surface area (Å²) in [5, 5.41) is 2.74. The highest BCUT2D eigenvalue weighted by molar-refractivity contribution is 5.82. The van der Waals surface area contributed by atoms with Crippen LogP contribution >= 0.6 is 0 Å². The number of nitrogens with two attached hydrogens (primary N) is 1. The molecule has 0 saturated heterocycles. The molecular weight excluding hydrogens is 208 g/mol. The Hall–Kier alpha value is -0.650. The van der Waals surface area contributed by atoms with Crippen molar-refractivity contribution in [2.45, 2.75) is 26.8 Å². The van der Waals surface area contributed by atoms with Crippen molar-refractivity contribution >= 4 is 5.91 Å². The van der Waals surface area contributed by atoms with Crippen LogP contribution in [0.3, 0.4) is 0 Å². The van der Waals surface area contributed by atoms with Gasteiger partial charge in [-0.15, -0.1) is 0 Å². The molecule has 0 aromatic carbocycles. The molecule has 5 heteroatoms. The first-order valence-corrected chi connectivity index (χ1v) is 5.49. The third-order valence-corrected chi connectivity index (χ3v) is 2.19. The molecule has 0 aliphatic rings. The average Bonchev–Trinajstić information content (AvgIpc) is 2.20. The molecule has 3 N–H and O–H groups in total. The molecule has 0 aliphatic carbocycles. The number of carbonyl (C=O) groups is 1. The second-order valence-corrected chi connectivity index (χ2v) is 4.74. The molecule has 16 heavy (non-hydrogen) atoms. The van der Waals surface area contributed by atoms with Crippen LogP contribution in [0.4, 0.5) is 0 Å². The lowest BCUT2D eigenvalue weighted by Gasteiger charge is -2.25. The minimum absolute atomic E-state index is 0.136. The first kappa shape index (κ1) is 15.3. The van der Waals surface area contributed by atoms with Crippen molar-refractivity contribution in [3.8, 4) is 0 Å². The summed E-state index contributed by atoms with van der Waals surface area (Å²) in [7, 11) is 1.62. The minimum atomic E-state index is -0.494. The van der Waals surface area contributed by atoms with Crippen LogP contribution in [-0.2, 0) is 14.3 Å². The number of ether oxygens (including phenoxy) is 2. The van der Waals surface area contributed by atoms with Gasteiger partial charge in [-0.2, -0.15) is 0 Å². The maximum atomic E-state index is 11.6. The molecule has 0 fully saturated rings. The summed E-state index contributed by atoms with van der Waals surface area (Å²) >= 11 is 0. The van der Waals surface area contributed by atoms with E-state index in [0.717, 1.165) is 0 Å². The number of carbonyl (C=O) groups excluding carboxylic acids is 1. The van der Waals surface area contributed by atoms with Crippen molar-refractivity contribution in [3.63, 3.8) is 0 Å². The van der Waals surface area contributed by atoms with E-state index in [1.54, 1.807) is 7.11 Å². The molecule has 0 rings (SSSR count). The zero-order valence-electron chi connectivity index (χ0n) is 10.7. The molecular formula is C11H24N2O3. The van der Waals surface area contributed by atoms with Crippen LogP contribution in [-0.4, -0.2) is 45.4 Å². The van der Waals surface area contributed by atoms with Crippen molar-refractivity contribution < 1.29 is 14.3 Å². The zero-order chi connectivity index (χ0) is 12.6. The summed E-state index contributed by atoms with van der Waals surface area (Å²) < 4.78 is 10.0. The Kier molecular flexibility index (Phi) is 7.29. The van der Waals surface area contributed by atoms with Gasteiger partial charge in [-0.3, -0.25) is 4.79 Å². The fourth-order valence-electron chi connectivity index (χ4n) is 0.994. The third kappa shape index (κ3) is 6.76. The Morgan fingerprint density at radius 2 is 1.94 bits per heavy atom. The molecule has 0 aromatic heterocycles. The number of methoxy groups -OCH3 is 1. The first-order chi connectivity index (χ1) is 7.39. The maximum absolute atomic E-state index is 11.6. The van der Waals surface area contributed by atoms with E-state index in [9.17, 15) is 4.79 Å². The van der Waals surface area contributed by atoms with Crippen molar-refractivity contribution in [1.82, 2.24) is 5.32 Å². The maximum Gasteiger partial charge on any atom is 0.237 e. The number of nitrogens with one attached hydrogen (secondary N) is 1. The van der Waals surface area contributed by atoms with Crippen LogP contribution in [0.15, 0.2) is 0 Å². The lowest BCUT2D eigenvalue weighted by Crippen LogP contribution is -2.49. The number of rotatable bonds is 7. The highest BCUT2D eigenvalue weighted by Gasteiger charge is 2.26. The van der Waals surface area contributed by atoms with Crippen LogP contribution in [0.1, 0.15) is 20.8 Å². The average molecular weight is 232 g/mol. The summed E-state index contributed by atoms with van der Waals surface area (Å²) in [6.45, 7) is 7.87. The van der Waals surface area contributed by atoms with E-state index < -0.39 is 6.04 Å². The Morgan fingerprint density at radius 3 is 2.44 bits per heavy atom. The van der Waals surface area contributed by atoms with Crippen molar-refractivity contribution in [2.75, 3.05) is 33.5 Å². The van der Waals surface area contributed by atoms with Gasteiger partial charge < -0.3 is 20.5 Å². The molecule has 0 bridgehead atoms. The number of hydrogen-bond acceptors (Lipinski definition) is 4. The molecule has 0 heterocycles. The summed E-state index contributed by atoms with van der Waals surface area (Å²) in [4.78, 5) is 11.6. The van der Waals surface area contributed by atoms with E-state index in [1.807, 2.05) is 20.8 Å². The van der Waals surface area contributed by atoms with Crippen molar-refractivity contribution in [3.05, 3.63) is 0 Å². The molecule has 0 saturated carbocycles. The van der Waals surface area contributed by atoms with Crippen LogP contribution in [0.2, 0.25) is 0 Å². The van der Waals surface area contributed by atoms with Gasteiger partial charge in [-0.1, -0.05) is 20.8 Å². The van der Waals surface area contributed by atoms with Gasteiger partial charge in [0.2, 0.25) is 5.91 Å². The largest absolute Gasteiger partial charge is 0.382 e. The molecule has 5 nitrogen and oxygen atoms in total. The molecule has 0 aromatic rings. The van der Waals surface area contributed by atoms with Crippen LogP contribution in [0, 0.1) is 5.41 Å². The molecule has 0 spiro atoms. The number of amides is 1. The highest BCUT2D eigenvalue weighted by atomic mass is 16.5. The van der Waals surface area contributed by atoms with Gasteiger partial charge in [0.25, 0.3) is 0 Å². The smallest absolute Gasteiger partial charge is 0.237 e. The van der Waals surface area contributed by atoms with E-state index in [0.29, 0.717) is 26.4 Å². The summed E-state index contributed by atoms with van der Waals surface area (Å²) in [5.41, 5.74) is 5.56. The minimum Gasteiger partial charge on any atom is -0.382 e. The standard InChI is InChI=1S/C11H24N2O3/c1-11(2,3)9(12)10(14)13-5-6-16-8-7-15-4/h9H,5-8,12H2,1-4H3,(H,13,14). The Balaban J connectivity index is 3.58. The normalized spacial score (nSPS) is 13.6. The molecule has 1 amide bonds. The Morgan fingerprint density at radius 1 is 1.31 bits per heavy atom. The van der Waals surface area contributed by atoms with E-state index in [2.05, 4.69) is 5.32 Å². The van der Waals surface area contributed by atoms with Crippen LogP contribution in [0.5, 0.6) is 0 Å². The molecule has 0 radical (unpaired) electrons. The van der Waals surface area contributed by atoms with Gasteiger partial charge >= 0.3 is 0 Å². The molecule has 0 aliphatic heterocycles. The predicted octanol–water partition coefficient (Wildman–Crippen LogP) is 0.139. The van der Waals surface area contributed by atoms with Gasteiger partial charge in [-0.25, -0.2) is 0 Å². The van der Waals surface area contributed by atoms with Crippen LogP contribution in [0.25, 0.3) is 0 Å². The second-order valence-electron chi connectivity index (χ2n) is 4.74. The molecule has 1 unspecified atom stereocenters.